The van der Waals surface area contributed by atoms with Crippen LogP contribution in [0.25, 0.3) is 22.3 Å². The van der Waals surface area contributed by atoms with Crippen molar-refractivity contribution in [1.82, 2.24) is 0 Å². The van der Waals surface area contributed by atoms with Gasteiger partial charge in [-0.1, -0.05) is 42.5 Å². The zero-order valence-electron chi connectivity index (χ0n) is 13.0. The molecule has 0 saturated carbocycles. The second-order valence-corrected chi connectivity index (χ2v) is 5.92. The molecule has 0 unspecified atom stereocenters. The maximum atomic E-state index is 5.33. The summed E-state index contributed by atoms with van der Waals surface area (Å²) >= 11 is 3.77. The summed E-state index contributed by atoms with van der Waals surface area (Å²) in [5.74, 6) is 1.70. The first-order valence-electron chi connectivity index (χ1n) is 7.30. The number of benzene rings is 3. The van der Waals surface area contributed by atoms with Crippen LogP contribution in [0.1, 0.15) is 0 Å². The van der Waals surface area contributed by atoms with Crippen molar-refractivity contribution in [2.45, 2.75) is 0 Å². The molecule has 3 aromatic rings. The Hall–Kier alpha value is -2.26. The van der Waals surface area contributed by atoms with Crippen molar-refractivity contribution in [3.8, 4) is 33.8 Å². The Morgan fingerprint density at radius 3 is 1.52 bits per heavy atom. The van der Waals surface area contributed by atoms with E-state index in [-0.39, 0.29) is 0 Å². The van der Waals surface area contributed by atoms with Crippen molar-refractivity contribution >= 4 is 15.9 Å². The van der Waals surface area contributed by atoms with Crippen molar-refractivity contribution in [3.63, 3.8) is 0 Å². The van der Waals surface area contributed by atoms with Gasteiger partial charge in [-0.25, -0.2) is 0 Å². The minimum absolute atomic E-state index is 0.848. The van der Waals surface area contributed by atoms with Gasteiger partial charge >= 0.3 is 0 Å². The molecule has 3 aromatic carbocycles. The van der Waals surface area contributed by atoms with Crippen LogP contribution in [0, 0.1) is 0 Å². The van der Waals surface area contributed by atoms with E-state index in [0.29, 0.717) is 0 Å². The normalized spacial score (nSPS) is 10.4. The van der Waals surface area contributed by atoms with Gasteiger partial charge in [0.2, 0.25) is 0 Å². The Morgan fingerprint density at radius 2 is 1.09 bits per heavy atom. The lowest BCUT2D eigenvalue weighted by Gasteiger charge is -2.12. The molecular formula is C20H17BrO2. The predicted octanol–water partition coefficient (Wildman–Crippen LogP) is 5.80. The Kier molecular flexibility index (Phi) is 4.68. The molecule has 0 aliphatic carbocycles. The first-order valence-corrected chi connectivity index (χ1v) is 8.09. The molecule has 116 valence electrons. The third-order valence-corrected chi connectivity index (χ3v) is 4.61. The molecule has 0 aliphatic rings. The van der Waals surface area contributed by atoms with E-state index in [9.17, 15) is 0 Å². The molecule has 0 atom stereocenters. The lowest BCUT2D eigenvalue weighted by atomic mass is 9.99. The van der Waals surface area contributed by atoms with Gasteiger partial charge in [-0.2, -0.15) is 0 Å². The van der Waals surface area contributed by atoms with Crippen LogP contribution in [0.5, 0.6) is 11.5 Å². The van der Waals surface area contributed by atoms with E-state index >= 15 is 0 Å². The van der Waals surface area contributed by atoms with Gasteiger partial charge in [0.05, 0.1) is 14.2 Å². The molecule has 3 rings (SSSR count). The lowest BCUT2D eigenvalue weighted by Crippen LogP contribution is -1.88. The zero-order valence-corrected chi connectivity index (χ0v) is 14.6. The largest absolute Gasteiger partial charge is 0.497 e. The first-order chi connectivity index (χ1) is 11.2. The molecule has 0 fully saturated rings. The second kappa shape index (κ2) is 6.88. The summed E-state index contributed by atoms with van der Waals surface area (Å²) in [5, 5.41) is 0. The summed E-state index contributed by atoms with van der Waals surface area (Å²) in [6.45, 7) is 0. The van der Waals surface area contributed by atoms with Gasteiger partial charge in [0, 0.05) is 4.47 Å². The summed E-state index contributed by atoms with van der Waals surface area (Å²) in [6, 6.07) is 22.4. The van der Waals surface area contributed by atoms with Crippen LogP contribution in [-0.2, 0) is 0 Å². The molecule has 0 radical (unpaired) electrons. The van der Waals surface area contributed by atoms with Gasteiger partial charge in [-0.05, 0) is 62.4 Å². The fourth-order valence-electron chi connectivity index (χ4n) is 2.56. The van der Waals surface area contributed by atoms with Crippen molar-refractivity contribution in [3.05, 3.63) is 71.2 Å². The molecule has 0 spiro atoms. The van der Waals surface area contributed by atoms with Crippen LogP contribution in [-0.4, -0.2) is 14.2 Å². The van der Waals surface area contributed by atoms with Gasteiger partial charge in [0.1, 0.15) is 11.5 Å². The summed E-state index contributed by atoms with van der Waals surface area (Å²) < 4.78 is 11.7. The van der Waals surface area contributed by atoms with E-state index in [4.69, 9.17) is 9.47 Å². The Bertz CT molecular complexity index is 762. The number of halogens is 1. The standard InChI is InChI=1S/C20H17BrO2/c1-22-16-8-3-6-14(12-16)18-10-5-11-19(20(18)21)15-7-4-9-17(13-15)23-2/h3-13H,1-2H3. The van der Waals surface area contributed by atoms with Crippen molar-refractivity contribution in [2.75, 3.05) is 14.2 Å². The van der Waals surface area contributed by atoms with Crippen molar-refractivity contribution in [2.24, 2.45) is 0 Å². The summed E-state index contributed by atoms with van der Waals surface area (Å²) in [7, 11) is 3.36. The minimum Gasteiger partial charge on any atom is -0.497 e. The summed E-state index contributed by atoms with van der Waals surface area (Å²) in [6.07, 6.45) is 0. The predicted molar refractivity (Wildman–Crippen MR) is 98.1 cm³/mol. The molecule has 3 heteroatoms. The number of ether oxygens (including phenoxy) is 2. The molecule has 0 heterocycles. The minimum atomic E-state index is 0.848. The molecule has 0 amide bonds. The van der Waals surface area contributed by atoms with E-state index < -0.39 is 0 Å². The third-order valence-electron chi connectivity index (χ3n) is 3.76. The van der Waals surface area contributed by atoms with Gasteiger partial charge in [-0.3, -0.25) is 0 Å². The number of rotatable bonds is 4. The Balaban J connectivity index is 2.11. The van der Waals surface area contributed by atoms with Gasteiger partial charge in [0.25, 0.3) is 0 Å². The van der Waals surface area contributed by atoms with Gasteiger partial charge in [-0.15, -0.1) is 0 Å². The SMILES string of the molecule is COc1cccc(-c2cccc(-c3cccc(OC)c3)c2Br)c1. The topological polar surface area (TPSA) is 18.5 Å². The molecule has 23 heavy (non-hydrogen) atoms. The van der Waals surface area contributed by atoms with Crippen LogP contribution < -0.4 is 9.47 Å². The Labute approximate surface area is 144 Å². The molecule has 0 aromatic heterocycles. The second-order valence-electron chi connectivity index (χ2n) is 5.13. The quantitative estimate of drug-likeness (QED) is 0.579. The van der Waals surface area contributed by atoms with Crippen LogP contribution in [0.4, 0.5) is 0 Å². The maximum absolute atomic E-state index is 5.33. The van der Waals surface area contributed by atoms with Crippen molar-refractivity contribution < 1.29 is 9.47 Å². The average Bonchev–Trinajstić information content (AvgIpc) is 2.62. The number of hydrogen-bond acceptors (Lipinski definition) is 2. The highest BCUT2D eigenvalue weighted by Crippen LogP contribution is 2.38. The van der Waals surface area contributed by atoms with Crippen molar-refractivity contribution in [1.29, 1.82) is 0 Å². The molecule has 2 nitrogen and oxygen atoms in total. The van der Waals surface area contributed by atoms with Crippen LogP contribution in [0.2, 0.25) is 0 Å². The van der Waals surface area contributed by atoms with E-state index in [2.05, 4.69) is 46.3 Å². The van der Waals surface area contributed by atoms with E-state index in [1.807, 2.05) is 36.4 Å². The highest BCUT2D eigenvalue weighted by molar-refractivity contribution is 9.10. The third kappa shape index (κ3) is 3.25. The van der Waals surface area contributed by atoms with Crippen LogP contribution >= 0.6 is 15.9 Å². The Morgan fingerprint density at radius 1 is 0.652 bits per heavy atom. The van der Waals surface area contributed by atoms with E-state index in [0.717, 1.165) is 38.2 Å². The number of methoxy groups -OCH3 is 2. The molecular weight excluding hydrogens is 352 g/mol. The average molecular weight is 369 g/mol. The zero-order chi connectivity index (χ0) is 16.2. The maximum Gasteiger partial charge on any atom is 0.119 e. The number of hydrogen-bond donors (Lipinski definition) is 0. The smallest absolute Gasteiger partial charge is 0.119 e. The first kappa shape index (κ1) is 15.6. The fourth-order valence-corrected chi connectivity index (χ4v) is 3.28. The lowest BCUT2D eigenvalue weighted by molar-refractivity contribution is 0.415. The van der Waals surface area contributed by atoms with E-state index in [1.165, 1.54) is 0 Å². The van der Waals surface area contributed by atoms with Crippen LogP contribution in [0.15, 0.2) is 71.2 Å². The fraction of sp³-hybridized carbons (Fsp3) is 0.100. The van der Waals surface area contributed by atoms with Gasteiger partial charge in [0.15, 0.2) is 0 Å². The molecule has 0 saturated heterocycles. The van der Waals surface area contributed by atoms with Crippen LogP contribution in [0.3, 0.4) is 0 Å². The molecule has 0 aliphatic heterocycles. The summed E-state index contributed by atoms with van der Waals surface area (Å²) in [5.41, 5.74) is 4.48. The van der Waals surface area contributed by atoms with Gasteiger partial charge < -0.3 is 9.47 Å². The highest BCUT2D eigenvalue weighted by atomic mass is 79.9. The highest BCUT2D eigenvalue weighted by Gasteiger charge is 2.10. The monoisotopic (exact) mass is 368 g/mol. The summed E-state index contributed by atoms with van der Waals surface area (Å²) in [4.78, 5) is 0. The molecule has 0 N–H and O–H groups in total. The molecule has 0 bridgehead atoms. The van der Waals surface area contributed by atoms with E-state index in [1.54, 1.807) is 14.2 Å².